The predicted octanol–water partition coefficient (Wildman–Crippen LogP) is 0.383. The zero-order valence-corrected chi connectivity index (χ0v) is 7.55. The van der Waals surface area contributed by atoms with Gasteiger partial charge in [-0.25, -0.2) is 0 Å². The van der Waals surface area contributed by atoms with Gasteiger partial charge in [-0.2, -0.15) is 0 Å². The highest BCUT2D eigenvalue weighted by Gasteiger charge is 2.19. The van der Waals surface area contributed by atoms with E-state index in [4.69, 9.17) is 0 Å². The highest BCUT2D eigenvalue weighted by molar-refractivity contribution is 5.87. The minimum atomic E-state index is 0.0509. The van der Waals surface area contributed by atoms with Gasteiger partial charge in [0.1, 0.15) is 0 Å². The third kappa shape index (κ3) is 2.08. The molecule has 12 heavy (non-hydrogen) atoms. The maximum Gasteiger partial charge on any atom is 0.246 e. The topological polar surface area (TPSA) is 32.3 Å². The molecule has 1 aliphatic heterocycles. The van der Waals surface area contributed by atoms with Crippen LogP contribution in [0.2, 0.25) is 0 Å². The van der Waals surface area contributed by atoms with Crippen LogP contribution in [0, 0.1) is 0 Å². The number of amides is 1. The van der Waals surface area contributed by atoms with Gasteiger partial charge >= 0.3 is 0 Å². The Morgan fingerprint density at radius 1 is 1.83 bits per heavy atom. The van der Waals surface area contributed by atoms with E-state index in [1.165, 1.54) is 6.08 Å². The lowest BCUT2D eigenvalue weighted by atomic mass is 10.1. The molecule has 0 aliphatic carbocycles. The first-order chi connectivity index (χ1) is 5.77. The van der Waals surface area contributed by atoms with Crippen molar-refractivity contribution < 1.29 is 4.79 Å². The smallest absolute Gasteiger partial charge is 0.246 e. The molecular formula is C9H16N2O. The third-order valence-corrected chi connectivity index (χ3v) is 2.23. The van der Waals surface area contributed by atoms with Gasteiger partial charge in [0.05, 0.1) is 0 Å². The molecule has 0 saturated carbocycles. The van der Waals surface area contributed by atoms with E-state index in [9.17, 15) is 4.79 Å². The maximum absolute atomic E-state index is 11.2. The van der Waals surface area contributed by atoms with E-state index in [1.807, 2.05) is 4.90 Å². The Morgan fingerprint density at radius 2 is 2.58 bits per heavy atom. The maximum atomic E-state index is 11.2. The molecule has 1 aliphatic rings. The van der Waals surface area contributed by atoms with Crippen LogP contribution in [0.4, 0.5) is 0 Å². The molecule has 0 aromatic heterocycles. The molecule has 0 aromatic rings. The zero-order chi connectivity index (χ0) is 8.97. The van der Waals surface area contributed by atoms with Crippen molar-refractivity contribution in [3.63, 3.8) is 0 Å². The summed E-state index contributed by atoms with van der Waals surface area (Å²) < 4.78 is 0. The fraction of sp³-hybridized carbons (Fsp3) is 0.667. The first-order valence-corrected chi connectivity index (χ1v) is 4.42. The van der Waals surface area contributed by atoms with Crippen LogP contribution >= 0.6 is 0 Å². The summed E-state index contributed by atoms with van der Waals surface area (Å²) in [7, 11) is 0. The van der Waals surface area contributed by atoms with Crippen molar-refractivity contribution in [2.45, 2.75) is 19.4 Å². The standard InChI is InChI=1S/C9H16N2O/c1-3-8-7-11(6-5-10-8)9(12)4-2/h4,8,10H,2-3,5-7H2,1H3/t8-/m0/s1. The summed E-state index contributed by atoms with van der Waals surface area (Å²) >= 11 is 0. The number of rotatable bonds is 2. The first-order valence-electron chi connectivity index (χ1n) is 4.42. The highest BCUT2D eigenvalue weighted by atomic mass is 16.2. The summed E-state index contributed by atoms with van der Waals surface area (Å²) in [5.74, 6) is 0.0509. The van der Waals surface area contributed by atoms with Crippen molar-refractivity contribution in [3.05, 3.63) is 12.7 Å². The second-order valence-electron chi connectivity index (χ2n) is 3.05. The fourth-order valence-corrected chi connectivity index (χ4v) is 1.43. The summed E-state index contributed by atoms with van der Waals surface area (Å²) in [6.45, 7) is 8.13. The lowest BCUT2D eigenvalue weighted by Crippen LogP contribution is -2.51. The first kappa shape index (κ1) is 9.26. The van der Waals surface area contributed by atoms with E-state index in [0.29, 0.717) is 6.04 Å². The molecule has 1 amide bonds. The van der Waals surface area contributed by atoms with E-state index >= 15 is 0 Å². The number of carbonyl (C=O) groups is 1. The molecule has 68 valence electrons. The van der Waals surface area contributed by atoms with E-state index < -0.39 is 0 Å². The molecule has 3 heteroatoms. The molecule has 1 heterocycles. The normalized spacial score (nSPS) is 23.8. The summed E-state index contributed by atoms with van der Waals surface area (Å²) in [6.07, 6.45) is 2.46. The Kier molecular flexibility index (Phi) is 3.29. The summed E-state index contributed by atoms with van der Waals surface area (Å²) in [6, 6.07) is 0.461. The second-order valence-corrected chi connectivity index (χ2v) is 3.05. The van der Waals surface area contributed by atoms with E-state index in [0.717, 1.165) is 26.1 Å². The quantitative estimate of drug-likeness (QED) is 0.605. The molecule has 1 fully saturated rings. The van der Waals surface area contributed by atoms with Gasteiger partial charge in [0.2, 0.25) is 5.91 Å². The van der Waals surface area contributed by atoms with Gasteiger partial charge in [0.15, 0.2) is 0 Å². The number of carbonyl (C=O) groups excluding carboxylic acids is 1. The summed E-state index contributed by atoms with van der Waals surface area (Å²) in [5, 5.41) is 3.35. The van der Waals surface area contributed by atoms with Crippen LogP contribution in [0.3, 0.4) is 0 Å². The average molecular weight is 168 g/mol. The largest absolute Gasteiger partial charge is 0.336 e. The number of nitrogens with one attached hydrogen (secondary N) is 1. The Hall–Kier alpha value is -0.830. The van der Waals surface area contributed by atoms with Gasteiger partial charge in [-0.3, -0.25) is 4.79 Å². The monoisotopic (exact) mass is 168 g/mol. The van der Waals surface area contributed by atoms with Crippen LogP contribution in [0.25, 0.3) is 0 Å². The SMILES string of the molecule is C=CC(=O)N1CCN[C@@H](CC)C1. The van der Waals surface area contributed by atoms with E-state index in [1.54, 1.807) is 0 Å². The Bertz CT molecular complexity index is 179. The molecule has 0 unspecified atom stereocenters. The zero-order valence-electron chi connectivity index (χ0n) is 7.55. The van der Waals surface area contributed by atoms with Crippen molar-refractivity contribution in [1.29, 1.82) is 0 Å². The van der Waals surface area contributed by atoms with Gasteiger partial charge < -0.3 is 10.2 Å². The minimum absolute atomic E-state index is 0.0509. The van der Waals surface area contributed by atoms with Crippen molar-refractivity contribution in [2.75, 3.05) is 19.6 Å². The van der Waals surface area contributed by atoms with E-state index in [2.05, 4.69) is 18.8 Å². The molecule has 0 radical (unpaired) electrons. The van der Waals surface area contributed by atoms with Crippen LogP contribution in [0.1, 0.15) is 13.3 Å². The number of piperazine rings is 1. The molecule has 0 bridgehead atoms. The summed E-state index contributed by atoms with van der Waals surface area (Å²) in [4.78, 5) is 13.1. The van der Waals surface area contributed by atoms with Crippen molar-refractivity contribution in [3.8, 4) is 0 Å². The van der Waals surface area contributed by atoms with Gasteiger partial charge in [0.25, 0.3) is 0 Å². The van der Waals surface area contributed by atoms with Crippen molar-refractivity contribution >= 4 is 5.91 Å². The van der Waals surface area contributed by atoms with Gasteiger partial charge in [0, 0.05) is 25.7 Å². The van der Waals surface area contributed by atoms with Gasteiger partial charge in [-0.15, -0.1) is 0 Å². The molecular weight excluding hydrogens is 152 g/mol. The molecule has 1 saturated heterocycles. The van der Waals surface area contributed by atoms with Gasteiger partial charge in [-0.1, -0.05) is 13.5 Å². The predicted molar refractivity (Wildman–Crippen MR) is 48.9 cm³/mol. The molecule has 3 nitrogen and oxygen atoms in total. The van der Waals surface area contributed by atoms with Crippen LogP contribution in [0.15, 0.2) is 12.7 Å². The number of nitrogens with zero attached hydrogens (tertiary/aromatic N) is 1. The van der Waals surface area contributed by atoms with Crippen LogP contribution in [0.5, 0.6) is 0 Å². The van der Waals surface area contributed by atoms with E-state index in [-0.39, 0.29) is 5.91 Å². The van der Waals surface area contributed by atoms with Crippen molar-refractivity contribution in [2.24, 2.45) is 0 Å². The second kappa shape index (κ2) is 4.26. The Morgan fingerprint density at radius 3 is 3.17 bits per heavy atom. The minimum Gasteiger partial charge on any atom is -0.336 e. The number of hydrogen-bond acceptors (Lipinski definition) is 2. The Balaban J connectivity index is 2.45. The lowest BCUT2D eigenvalue weighted by molar-refractivity contribution is -0.127. The fourth-order valence-electron chi connectivity index (χ4n) is 1.43. The van der Waals surface area contributed by atoms with Crippen LogP contribution in [-0.4, -0.2) is 36.5 Å². The van der Waals surface area contributed by atoms with Crippen LogP contribution < -0.4 is 5.32 Å². The van der Waals surface area contributed by atoms with Crippen LogP contribution in [-0.2, 0) is 4.79 Å². The lowest BCUT2D eigenvalue weighted by Gasteiger charge is -2.32. The molecule has 0 spiro atoms. The van der Waals surface area contributed by atoms with Crippen molar-refractivity contribution in [1.82, 2.24) is 10.2 Å². The third-order valence-electron chi connectivity index (χ3n) is 2.23. The Labute approximate surface area is 73.4 Å². The molecule has 1 rings (SSSR count). The van der Waals surface area contributed by atoms with Gasteiger partial charge in [-0.05, 0) is 12.5 Å². The molecule has 1 atom stereocenters. The molecule has 1 N–H and O–H groups in total. The highest BCUT2D eigenvalue weighted by Crippen LogP contribution is 2.02. The number of hydrogen-bond donors (Lipinski definition) is 1. The summed E-state index contributed by atoms with van der Waals surface area (Å²) in [5.41, 5.74) is 0. The average Bonchev–Trinajstić information content (AvgIpc) is 2.17. The molecule has 0 aromatic carbocycles.